The van der Waals surface area contributed by atoms with E-state index in [0.29, 0.717) is 5.69 Å². The lowest BCUT2D eigenvalue weighted by molar-refractivity contribution is 0.318. The Hall–Kier alpha value is -2.01. The molecule has 0 spiro atoms. The van der Waals surface area contributed by atoms with E-state index in [4.69, 9.17) is 10.9 Å². The van der Waals surface area contributed by atoms with E-state index < -0.39 is 0 Å². The van der Waals surface area contributed by atoms with Gasteiger partial charge in [-0.25, -0.2) is 4.98 Å². The van der Waals surface area contributed by atoms with Crippen LogP contribution in [0.2, 0.25) is 0 Å². The largest absolute Gasteiger partial charge is 0.409 e. The molecule has 0 aliphatic heterocycles. The van der Waals surface area contributed by atoms with E-state index in [-0.39, 0.29) is 5.84 Å². The molecular formula is C14H15N3OS. The zero-order valence-corrected chi connectivity index (χ0v) is 11.4. The van der Waals surface area contributed by atoms with Gasteiger partial charge in [-0.05, 0) is 30.2 Å². The van der Waals surface area contributed by atoms with Crippen molar-refractivity contribution in [3.63, 3.8) is 0 Å². The van der Waals surface area contributed by atoms with Crippen molar-refractivity contribution < 1.29 is 5.21 Å². The summed E-state index contributed by atoms with van der Waals surface area (Å²) in [5.41, 5.74) is 8.55. The lowest BCUT2D eigenvalue weighted by Crippen LogP contribution is -2.14. The van der Waals surface area contributed by atoms with Crippen molar-refractivity contribution in [3.8, 4) is 0 Å². The highest BCUT2D eigenvalue weighted by Crippen LogP contribution is 2.22. The summed E-state index contributed by atoms with van der Waals surface area (Å²) < 4.78 is 0. The van der Waals surface area contributed by atoms with Crippen LogP contribution >= 0.6 is 11.8 Å². The molecule has 0 atom stereocenters. The first-order valence-corrected chi connectivity index (χ1v) is 6.81. The van der Waals surface area contributed by atoms with Crippen molar-refractivity contribution in [3.05, 3.63) is 59.3 Å². The second-order valence-corrected chi connectivity index (χ2v) is 5.06. The number of aromatic nitrogens is 1. The van der Waals surface area contributed by atoms with Gasteiger partial charge in [-0.3, -0.25) is 0 Å². The molecule has 3 N–H and O–H groups in total. The van der Waals surface area contributed by atoms with E-state index in [0.717, 1.165) is 10.8 Å². The molecule has 0 saturated heterocycles. The van der Waals surface area contributed by atoms with Crippen LogP contribution < -0.4 is 5.73 Å². The number of amidine groups is 1. The van der Waals surface area contributed by atoms with Crippen LogP contribution in [0.3, 0.4) is 0 Å². The number of pyridine rings is 1. The standard InChI is InChI=1S/C14H15N3OS/c1-10-5-2-3-6-11(10)9-19-13-8-4-7-12(16-13)14(15)17-18/h2-8,18H,9H2,1H3,(H2,15,17). The minimum Gasteiger partial charge on any atom is -0.409 e. The predicted octanol–water partition coefficient (Wildman–Crippen LogP) is 2.78. The molecule has 0 bridgehead atoms. The molecule has 0 unspecified atom stereocenters. The van der Waals surface area contributed by atoms with E-state index in [2.05, 4.69) is 29.2 Å². The van der Waals surface area contributed by atoms with Crippen LogP contribution in [-0.2, 0) is 5.75 Å². The third-order valence-electron chi connectivity index (χ3n) is 2.73. The van der Waals surface area contributed by atoms with E-state index in [1.165, 1.54) is 11.1 Å². The summed E-state index contributed by atoms with van der Waals surface area (Å²) >= 11 is 1.63. The number of hydrogen-bond donors (Lipinski definition) is 2. The number of aryl methyl sites for hydroxylation is 1. The fraction of sp³-hybridized carbons (Fsp3) is 0.143. The summed E-state index contributed by atoms with van der Waals surface area (Å²) in [6, 6.07) is 13.7. The van der Waals surface area contributed by atoms with Gasteiger partial charge in [0, 0.05) is 5.75 Å². The summed E-state index contributed by atoms with van der Waals surface area (Å²) in [5.74, 6) is 0.873. The molecular weight excluding hydrogens is 258 g/mol. The van der Waals surface area contributed by atoms with E-state index >= 15 is 0 Å². The zero-order chi connectivity index (χ0) is 13.7. The van der Waals surface area contributed by atoms with E-state index in [9.17, 15) is 0 Å². The summed E-state index contributed by atoms with van der Waals surface area (Å²) in [6.07, 6.45) is 0. The summed E-state index contributed by atoms with van der Waals surface area (Å²) in [4.78, 5) is 4.34. The van der Waals surface area contributed by atoms with Gasteiger partial charge in [0.05, 0.1) is 5.03 Å². The fourth-order valence-electron chi connectivity index (χ4n) is 1.61. The van der Waals surface area contributed by atoms with E-state index in [1.54, 1.807) is 17.8 Å². The van der Waals surface area contributed by atoms with Crippen LogP contribution in [0.4, 0.5) is 0 Å². The number of nitrogens with zero attached hydrogens (tertiary/aromatic N) is 2. The molecule has 0 radical (unpaired) electrons. The highest BCUT2D eigenvalue weighted by atomic mass is 32.2. The van der Waals surface area contributed by atoms with Gasteiger partial charge < -0.3 is 10.9 Å². The molecule has 0 amide bonds. The first-order chi connectivity index (χ1) is 9.20. The monoisotopic (exact) mass is 273 g/mol. The predicted molar refractivity (Wildman–Crippen MR) is 77.5 cm³/mol. The summed E-state index contributed by atoms with van der Waals surface area (Å²) in [5, 5.41) is 12.4. The summed E-state index contributed by atoms with van der Waals surface area (Å²) in [7, 11) is 0. The average Bonchev–Trinajstić information content (AvgIpc) is 2.46. The van der Waals surface area contributed by atoms with Gasteiger partial charge in [0.1, 0.15) is 5.69 Å². The highest BCUT2D eigenvalue weighted by molar-refractivity contribution is 7.98. The van der Waals surface area contributed by atoms with Gasteiger partial charge in [0.25, 0.3) is 0 Å². The van der Waals surface area contributed by atoms with Crippen molar-refractivity contribution in [2.45, 2.75) is 17.7 Å². The Labute approximate surface area is 116 Å². The minimum absolute atomic E-state index is 0.0262. The SMILES string of the molecule is Cc1ccccc1CSc1cccc(C(N)=NO)n1. The molecule has 4 nitrogen and oxygen atoms in total. The third-order valence-corrected chi connectivity index (χ3v) is 3.71. The van der Waals surface area contributed by atoms with E-state index in [1.807, 2.05) is 24.3 Å². The molecule has 5 heteroatoms. The molecule has 0 aliphatic rings. The van der Waals surface area contributed by atoms with Crippen LogP contribution in [0.1, 0.15) is 16.8 Å². The van der Waals surface area contributed by atoms with Crippen molar-refractivity contribution in [1.82, 2.24) is 4.98 Å². The molecule has 2 aromatic rings. The van der Waals surface area contributed by atoms with Gasteiger partial charge in [-0.1, -0.05) is 35.5 Å². The first-order valence-electron chi connectivity index (χ1n) is 5.83. The molecule has 1 aromatic heterocycles. The van der Waals surface area contributed by atoms with Crippen molar-refractivity contribution in [2.75, 3.05) is 0 Å². The molecule has 98 valence electrons. The smallest absolute Gasteiger partial charge is 0.188 e. The second-order valence-electron chi connectivity index (χ2n) is 4.06. The topological polar surface area (TPSA) is 71.5 Å². The van der Waals surface area contributed by atoms with Gasteiger partial charge in [-0.15, -0.1) is 11.8 Å². The lowest BCUT2D eigenvalue weighted by atomic mass is 10.1. The Balaban J connectivity index is 2.10. The number of thioether (sulfide) groups is 1. The van der Waals surface area contributed by atoms with Crippen LogP contribution in [-0.4, -0.2) is 16.0 Å². The normalized spacial score (nSPS) is 11.5. The number of nitrogens with two attached hydrogens (primary N) is 1. The number of oxime groups is 1. The molecule has 0 saturated carbocycles. The second kappa shape index (κ2) is 6.24. The quantitative estimate of drug-likeness (QED) is 0.295. The number of hydrogen-bond acceptors (Lipinski definition) is 4. The Morgan fingerprint density at radius 3 is 2.79 bits per heavy atom. The maximum Gasteiger partial charge on any atom is 0.188 e. The first kappa shape index (κ1) is 13.4. The van der Waals surface area contributed by atoms with Crippen LogP contribution in [0.25, 0.3) is 0 Å². The maximum atomic E-state index is 8.64. The fourth-order valence-corrected chi connectivity index (χ4v) is 2.58. The highest BCUT2D eigenvalue weighted by Gasteiger charge is 2.04. The zero-order valence-electron chi connectivity index (χ0n) is 10.6. The molecule has 0 fully saturated rings. The van der Waals surface area contributed by atoms with Gasteiger partial charge in [0.2, 0.25) is 0 Å². The average molecular weight is 273 g/mol. The summed E-state index contributed by atoms with van der Waals surface area (Å²) in [6.45, 7) is 2.09. The number of rotatable bonds is 4. The van der Waals surface area contributed by atoms with Gasteiger partial charge >= 0.3 is 0 Å². The van der Waals surface area contributed by atoms with Gasteiger partial charge in [0.15, 0.2) is 5.84 Å². The van der Waals surface area contributed by atoms with Crippen molar-refractivity contribution in [2.24, 2.45) is 10.9 Å². The van der Waals surface area contributed by atoms with Crippen molar-refractivity contribution >= 4 is 17.6 Å². The maximum absolute atomic E-state index is 8.64. The minimum atomic E-state index is 0.0262. The molecule has 19 heavy (non-hydrogen) atoms. The van der Waals surface area contributed by atoms with Crippen LogP contribution in [0.15, 0.2) is 52.6 Å². The Morgan fingerprint density at radius 2 is 2.05 bits per heavy atom. The molecule has 2 rings (SSSR count). The molecule has 0 aliphatic carbocycles. The van der Waals surface area contributed by atoms with Gasteiger partial charge in [-0.2, -0.15) is 0 Å². The molecule has 1 aromatic carbocycles. The lowest BCUT2D eigenvalue weighted by Gasteiger charge is -2.06. The molecule has 1 heterocycles. The Kier molecular flexibility index (Phi) is 4.41. The van der Waals surface area contributed by atoms with Crippen LogP contribution in [0, 0.1) is 6.92 Å². The Bertz CT molecular complexity index is 599. The number of benzene rings is 1. The Morgan fingerprint density at radius 1 is 1.26 bits per heavy atom. The third kappa shape index (κ3) is 3.48. The van der Waals surface area contributed by atoms with Crippen LogP contribution in [0.5, 0.6) is 0 Å². The van der Waals surface area contributed by atoms with Crippen molar-refractivity contribution in [1.29, 1.82) is 0 Å².